The lowest BCUT2D eigenvalue weighted by atomic mass is 9.44. The van der Waals surface area contributed by atoms with Crippen molar-refractivity contribution in [3.63, 3.8) is 0 Å². The van der Waals surface area contributed by atoms with Crippen molar-refractivity contribution < 1.29 is 9.90 Å². The highest BCUT2D eigenvalue weighted by Gasteiger charge is 2.61. The first kappa shape index (κ1) is 17.0. The summed E-state index contributed by atoms with van der Waals surface area (Å²) in [4.78, 5) is 14.7. The minimum absolute atomic E-state index is 0.0240. The van der Waals surface area contributed by atoms with Crippen molar-refractivity contribution in [2.24, 2.45) is 34.5 Å². The van der Waals surface area contributed by atoms with Gasteiger partial charge in [-0.15, -0.1) is 0 Å². The molecule has 0 unspecified atom stereocenters. The number of carbonyl (C=O) groups excluding carboxylic acids is 1. The van der Waals surface area contributed by atoms with Gasteiger partial charge in [0.25, 0.3) is 0 Å². The van der Waals surface area contributed by atoms with Crippen LogP contribution in [0.1, 0.15) is 65.2 Å². The van der Waals surface area contributed by atoms with Crippen LogP contribution in [0.4, 0.5) is 0 Å². The van der Waals surface area contributed by atoms with Crippen LogP contribution in [0.3, 0.4) is 0 Å². The van der Waals surface area contributed by atoms with Crippen molar-refractivity contribution in [1.29, 1.82) is 0 Å². The Morgan fingerprint density at radius 2 is 1.83 bits per heavy atom. The van der Waals surface area contributed by atoms with E-state index in [0.29, 0.717) is 17.7 Å². The van der Waals surface area contributed by atoms with E-state index in [4.69, 9.17) is 0 Å². The molecule has 0 saturated heterocycles. The van der Waals surface area contributed by atoms with Crippen LogP contribution in [0.15, 0.2) is 0 Å². The minimum Gasteiger partial charge on any atom is -0.391 e. The third kappa shape index (κ3) is 2.19. The Hall–Kier alpha value is -0.410. The van der Waals surface area contributed by atoms with Crippen LogP contribution < -0.4 is 0 Å². The molecule has 4 saturated carbocycles. The molecule has 0 heterocycles. The van der Waals surface area contributed by atoms with Gasteiger partial charge < -0.3 is 10.0 Å². The number of ketones is 1. The second-order valence-electron chi connectivity index (χ2n) is 10.1. The molecule has 4 fully saturated rings. The Kier molecular flexibility index (Phi) is 3.93. The highest BCUT2D eigenvalue weighted by atomic mass is 16.3. The van der Waals surface area contributed by atoms with Crippen LogP contribution in [-0.4, -0.2) is 42.0 Å². The summed E-state index contributed by atoms with van der Waals surface area (Å²) in [6, 6.07) is 0.321. The first-order chi connectivity index (χ1) is 11.3. The molecule has 0 aromatic carbocycles. The molecule has 0 radical (unpaired) electrons. The van der Waals surface area contributed by atoms with Crippen LogP contribution in [0, 0.1) is 34.5 Å². The lowest BCUT2D eigenvalue weighted by Crippen LogP contribution is -2.58. The summed E-state index contributed by atoms with van der Waals surface area (Å²) in [6.45, 7) is 4.73. The molecule has 4 rings (SSSR count). The number of nitrogens with zero attached hydrogens (tertiary/aromatic N) is 1. The van der Waals surface area contributed by atoms with E-state index in [2.05, 4.69) is 32.8 Å². The minimum atomic E-state index is -0.196. The summed E-state index contributed by atoms with van der Waals surface area (Å²) in [5.74, 6) is 3.34. The molecule has 1 N–H and O–H groups in total. The van der Waals surface area contributed by atoms with E-state index in [1.807, 2.05) is 0 Å². The Morgan fingerprint density at radius 1 is 1.08 bits per heavy atom. The van der Waals surface area contributed by atoms with Gasteiger partial charge in [0.05, 0.1) is 6.10 Å². The maximum atomic E-state index is 12.5. The Morgan fingerprint density at radius 3 is 2.54 bits per heavy atom. The van der Waals surface area contributed by atoms with Crippen molar-refractivity contribution in [3.8, 4) is 0 Å². The second kappa shape index (κ2) is 5.54. The number of rotatable bonds is 1. The number of hydrogen-bond acceptors (Lipinski definition) is 3. The molecule has 24 heavy (non-hydrogen) atoms. The number of aliphatic hydroxyl groups is 1. The van der Waals surface area contributed by atoms with Gasteiger partial charge in [0, 0.05) is 17.9 Å². The van der Waals surface area contributed by atoms with Crippen LogP contribution in [0.5, 0.6) is 0 Å². The molecule has 0 aliphatic heterocycles. The van der Waals surface area contributed by atoms with Gasteiger partial charge in [0.15, 0.2) is 0 Å². The quantitative estimate of drug-likeness (QED) is 0.798. The Balaban J connectivity index is 1.61. The van der Waals surface area contributed by atoms with Gasteiger partial charge in [-0.1, -0.05) is 13.8 Å². The average Bonchev–Trinajstić information content (AvgIpc) is 2.81. The fraction of sp³-hybridized carbons (Fsp3) is 0.952. The van der Waals surface area contributed by atoms with Gasteiger partial charge in [0.2, 0.25) is 0 Å². The molecule has 8 atom stereocenters. The molecule has 4 aliphatic rings. The highest BCUT2D eigenvalue weighted by molar-refractivity contribution is 5.87. The standard InChI is InChI=1S/C21H35NO2/c1-20-10-9-16-14(15(20)7-8-19(20)24)6-5-13-11-17(22(3)4)18(23)12-21(13,16)2/h13-18,23H,5-12H2,1-4H3/t13-,14-,15-,16-,17-,18-,20-,21-/m0/s1. The fourth-order valence-corrected chi connectivity index (χ4v) is 7.60. The molecule has 0 amide bonds. The van der Waals surface area contributed by atoms with Crippen LogP contribution >= 0.6 is 0 Å². The van der Waals surface area contributed by atoms with Gasteiger partial charge in [-0.3, -0.25) is 4.79 Å². The SMILES string of the molecule is CN(C)[C@H]1C[C@@H]2CC[C@@H]3[C@H](CC[C@]4(C)C(=O)CC[C@@H]34)[C@@]2(C)C[C@@H]1O. The molecule has 4 aliphatic carbocycles. The predicted octanol–water partition coefficient (Wildman–Crippen LogP) is 3.50. The third-order valence-corrected chi connectivity index (χ3v) is 9.06. The van der Waals surface area contributed by atoms with Crippen molar-refractivity contribution in [2.75, 3.05) is 14.1 Å². The van der Waals surface area contributed by atoms with E-state index in [-0.39, 0.29) is 16.9 Å². The van der Waals surface area contributed by atoms with E-state index in [1.165, 1.54) is 19.3 Å². The number of Topliss-reactive ketones (excluding diaryl/α,β-unsaturated/α-hetero) is 1. The zero-order chi connectivity index (χ0) is 17.3. The first-order valence-corrected chi connectivity index (χ1v) is 10.1. The van der Waals surface area contributed by atoms with Gasteiger partial charge in [-0.25, -0.2) is 0 Å². The maximum Gasteiger partial charge on any atom is 0.139 e. The predicted molar refractivity (Wildman–Crippen MR) is 95.6 cm³/mol. The van der Waals surface area contributed by atoms with E-state index in [1.54, 1.807) is 0 Å². The molecule has 0 spiro atoms. The van der Waals surface area contributed by atoms with E-state index < -0.39 is 0 Å². The van der Waals surface area contributed by atoms with E-state index >= 15 is 0 Å². The van der Waals surface area contributed by atoms with Gasteiger partial charge in [-0.2, -0.15) is 0 Å². The summed E-state index contributed by atoms with van der Waals surface area (Å²) in [6.07, 6.45) is 8.76. The van der Waals surface area contributed by atoms with Gasteiger partial charge in [-0.05, 0) is 88.1 Å². The van der Waals surface area contributed by atoms with Crippen LogP contribution in [0.2, 0.25) is 0 Å². The molecule has 3 nitrogen and oxygen atoms in total. The zero-order valence-corrected chi connectivity index (χ0v) is 15.9. The summed E-state index contributed by atoms with van der Waals surface area (Å²) in [5, 5.41) is 10.8. The normalized spacial score (nSPS) is 54.3. The smallest absolute Gasteiger partial charge is 0.139 e. The van der Waals surface area contributed by atoms with Crippen molar-refractivity contribution >= 4 is 5.78 Å². The summed E-state index contributed by atoms with van der Waals surface area (Å²) >= 11 is 0. The highest BCUT2D eigenvalue weighted by Crippen LogP contribution is 2.65. The molecular formula is C21H35NO2. The Bertz CT molecular complexity index is 532. The van der Waals surface area contributed by atoms with Crippen LogP contribution in [-0.2, 0) is 4.79 Å². The molecule has 0 aromatic heterocycles. The monoisotopic (exact) mass is 333 g/mol. The maximum absolute atomic E-state index is 12.5. The molecule has 136 valence electrons. The number of likely N-dealkylation sites (N-methyl/N-ethyl adjacent to an activating group) is 1. The molecule has 0 aromatic rings. The van der Waals surface area contributed by atoms with Crippen molar-refractivity contribution in [3.05, 3.63) is 0 Å². The van der Waals surface area contributed by atoms with E-state index in [0.717, 1.165) is 49.9 Å². The fourth-order valence-electron chi connectivity index (χ4n) is 7.60. The van der Waals surface area contributed by atoms with E-state index in [9.17, 15) is 9.90 Å². The van der Waals surface area contributed by atoms with Crippen molar-refractivity contribution in [1.82, 2.24) is 4.90 Å². The summed E-state index contributed by atoms with van der Waals surface area (Å²) in [7, 11) is 4.22. The number of hydrogen-bond donors (Lipinski definition) is 1. The first-order valence-electron chi connectivity index (χ1n) is 10.1. The topological polar surface area (TPSA) is 40.5 Å². The Labute approximate surface area is 147 Å². The largest absolute Gasteiger partial charge is 0.391 e. The number of carbonyl (C=O) groups is 1. The summed E-state index contributed by atoms with van der Waals surface area (Å²) in [5.41, 5.74) is 0.256. The molecule has 3 heteroatoms. The zero-order valence-electron chi connectivity index (χ0n) is 15.9. The molecular weight excluding hydrogens is 298 g/mol. The number of fused-ring (bicyclic) bond motifs is 5. The van der Waals surface area contributed by atoms with Crippen molar-refractivity contribution in [2.45, 2.75) is 77.4 Å². The lowest BCUT2D eigenvalue weighted by Gasteiger charge is -2.61. The third-order valence-electron chi connectivity index (χ3n) is 9.06. The average molecular weight is 334 g/mol. The van der Waals surface area contributed by atoms with Gasteiger partial charge >= 0.3 is 0 Å². The molecule has 0 bridgehead atoms. The summed E-state index contributed by atoms with van der Waals surface area (Å²) < 4.78 is 0. The number of aliphatic hydroxyl groups excluding tert-OH is 1. The van der Waals surface area contributed by atoms with Crippen LogP contribution in [0.25, 0.3) is 0 Å². The van der Waals surface area contributed by atoms with Gasteiger partial charge in [0.1, 0.15) is 5.78 Å². The lowest BCUT2D eigenvalue weighted by molar-refractivity contribution is -0.151. The second-order valence-corrected chi connectivity index (χ2v) is 10.1.